The minimum absolute atomic E-state index is 0. The van der Waals surface area contributed by atoms with E-state index in [0.29, 0.717) is 0 Å². The average Bonchev–Trinajstić information content (AvgIpc) is 2.38. The topological polar surface area (TPSA) is 0 Å². The number of hydrogen-bond acceptors (Lipinski definition) is 0. The van der Waals surface area contributed by atoms with Crippen molar-refractivity contribution in [2.45, 2.75) is 98.8 Å². The summed E-state index contributed by atoms with van der Waals surface area (Å²) in [5, 5.41) is 0. The first-order chi connectivity index (χ1) is 9.95. The number of rotatable bonds is 14. The van der Waals surface area contributed by atoms with Crippen molar-refractivity contribution in [2.24, 2.45) is 23.7 Å². The molecule has 0 aliphatic rings. The van der Waals surface area contributed by atoms with Gasteiger partial charge in [-0.2, -0.15) is 0 Å². The van der Waals surface area contributed by atoms with Crippen LogP contribution in [-0.2, 0) is 0 Å². The van der Waals surface area contributed by atoms with E-state index >= 15 is 0 Å². The SMILES string of the molecule is CC(C)CCCC(C)CCCC(C)CCCC(C)CCCl.[Pb]. The van der Waals surface area contributed by atoms with Gasteiger partial charge in [0.2, 0.25) is 0 Å². The van der Waals surface area contributed by atoms with Crippen LogP contribution in [0.5, 0.6) is 0 Å². The predicted molar refractivity (Wildman–Crippen MR) is 105 cm³/mol. The van der Waals surface area contributed by atoms with Crippen molar-refractivity contribution in [3.63, 3.8) is 0 Å². The number of hydrogen-bond donors (Lipinski definition) is 0. The zero-order valence-electron chi connectivity index (χ0n) is 16.0. The fourth-order valence-electron chi connectivity index (χ4n) is 3.12. The van der Waals surface area contributed by atoms with Crippen molar-refractivity contribution in [2.75, 3.05) is 5.88 Å². The molecule has 0 saturated carbocycles. The van der Waals surface area contributed by atoms with E-state index in [1.54, 1.807) is 0 Å². The molecule has 0 saturated heterocycles. The van der Waals surface area contributed by atoms with Crippen molar-refractivity contribution in [3.8, 4) is 0 Å². The smallest absolute Gasteiger partial charge is 0.0225 e. The standard InChI is InChI=1S/C20H41Cl.Pb/c1-17(2)9-6-10-18(3)11-7-12-19(4)13-8-14-20(5)15-16-21;/h17-20H,6-16H2,1-5H3;. The molecule has 22 heavy (non-hydrogen) atoms. The summed E-state index contributed by atoms with van der Waals surface area (Å²) in [5.41, 5.74) is 0. The molecule has 0 nitrogen and oxygen atoms in total. The van der Waals surface area contributed by atoms with E-state index in [4.69, 9.17) is 11.6 Å². The zero-order valence-corrected chi connectivity index (χ0v) is 20.6. The molecule has 4 radical (unpaired) electrons. The Hall–Kier alpha value is 1.21. The molecule has 0 heterocycles. The van der Waals surface area contributed by atoms with E-state index in [0.717, 1.165) is 29.6 Å². The van der Waals surface area contributed by atoms with Crippen LogP contribution in [0.3, 0.4) is 0 Å². The van der Waals surface area contributed by atoms with Crippen molar-refractivity contribution in [1.29, 1.82) is 0 Å². The first kappa shape index (κ1) is 25.5. The fraction of sp³-hybridized carbons (Fsp3) is 1.00. The summed E-state index contributed by atoms with van der Waals surface area (Å²) in [6, 6.07) is 0. The van der Waals surface area contributed by atoms with Gasteiger partial charge in [0, 0.05) is 33.2 Å². The van der Waals surface area contributed by atoms with Gasteiger partial charge < -0.3 is 0 Å². The Morgan fingerprint density at radius 3 is 1.18 bits per heavy atom. The third-order valence-corrected chi connectivity index (χ3v) is 5.09. The van der Waals surface area contributed by atoms with E-state index in [-0.39, 0.29) is 27.3 Å². The van der Waals surface area contributed by atoms with Crippen LogP contribution in [0, 0.1) is 23.7 Å². The first-order valence-electron chi connectivity index (χ1n) is 9.51. The monoisotopic (exact) mass is 524 g/mol. The van der Waals surface area contributed by atoms with Gasteiger partial charge in [0.15, 0.2) is 0 Å². The van der Waals surface area contributed by atoms with Gasteiger partial charge in [-0.25, -0.2) is 0 Å². The summed E-state index contributed by atoms with van der Waals surface area (Å²) in [6.45, 7) is 11.9. The zero-order chi connectivity index (χ0) is 16.1. The van der Waals surface area contributed by atoms with Crippen LogP contribution >= 0.6 is 11.6 Å². The second-order valence-electron chi connectivity index (χ2n) is 7.98. The Morgan fingerprint density at radius 1 is 0.545 bits per heavy atom. The molecule has 0 rings (SSSR count). The van der Waals surface area contributed by atoms with Crippen LogP contribution in [0.2, 0.25) is 0 Å². The van der Waals surface area contributed by atoms with E-state index in [1.165, 1.54) is 64.2 Å². The maximum atomic E-state index is 5.79. The number of alkyl halides is 1. The average molecular weight is 524 g/mol. The van der Waals surface area contributed by atoms with Gasteiger partial charge in [-0.1, -0.05) is 92.4 Å². The summed E-state index contributed by atoms with van der Waals surface area (Å²) >= 11 is 5.79. The Bertz CT molecular complexity index is 218. The van der Waals surface area contributed by atoms with Crippen LogP contribution in [0.25, 0.3) is 0 Å². The van der Waals surface area contributed by atoms with Crippen LogP contribution in [0.4, 0.5) is 0 Å². The van der Waals surface area contributed by atoms with E-state index < -0.39 is 0 Å². The van der Waals surface area contributed by atoms with E-state index in [9.17, 15) is 0 Å². The summed E-state index contributed by atoms with van der Waals surface area (Å²) in [7, 11) is 0. The van der Waals surface area contributed by atoms with Crippen molar-refractivity contribution >= 4 is 38.9 Å². The summed E-state index contributed by atoms with van der Waals surface area (Å²) in [6.07, 6.45) is 13.9. The molecule has 0 amide bonds. The van der Waals surface area contributed by atoms with Gasteiger partial charge in [0.25, 0.3) is 0 Å². The quantitative estimate of drug-likeness (QED) is 0.165. The van der Waals surface area contributed by atoms with Crippen molar-refractivity contribution in [1.82, 2.24) is 0 Å². The maximum absolute atomic E-state index is 5.79. The molecule has 0 aliphatic carbocycles. The second kappa shape index (κ2) is 17.0. The Kier molecular flexibility index (Phi) is 19.7. The molecule has 132 valence electrons. The molecule has 0 bridgehead atoms. The molecule has 0 aliphatic heterocycles. The van der Waals surface area contributed by atoms with Gasteiger partial charge >= 0.3 is 0 Å². The minimum atomic E-state index is 0. The van der Waals surface area contributed by atoms with Gasteiger partial charge in [-0.15, -0.1) is 11.6 Å². The van der Waals surface area contributed by atoms with Crippen molar-refractivity contribution in [3.05, 3.63) is 0 Å². The summed E-state index contributed by atoms with van der Waals surface area (Å²) in [5.74, 6) is 4.36. The van der Waals surface area contributed by atoms with Gasteiger partial charge in [0.1, 0.15) is 0 Å². The predicted octanol–water partition coefficient (Wildman–Crippen LogP) is 7.31. The second-order valence-corrected chi connectivity index (χ2v) is 8.36. The van der Waals surface area contributed by atoms with Gasteiger partial charge in [-0.05, 0) is 30.1 Å². The molecule has 3 atom stereocenters. The van der Waals surface area contributed by atoms with E-state index in [2.05, 4.69) is 34.6 Å². The molecule has 3 unspecified atom stereocenters. The molecule has 2 heteroatoms. The molecule has 0 N–H and O–H groups in total. The van der Waals surface area contributed by atoms with Crippen molar-refractivity contribution < 1.29 is 0 Å². The van der Waals surface area contributed by atoms with E-state index in [1.807, 2.05) is 0 Å². The first-order valence-corrected chi connectivity index (χ1v) is 10.0. The molecule has 0 aromatic carbocycles. The van der Waals surface area contributed by atoms with Gasteiger partial charge in [-0.3, -0.25) is 0 Å². The summed E-state index contributed by atoms with van der Waals surface area (Å²) in [4.78, 5) is 0. The Labute approximate surface area is 166 Å². The third-order valence-electron chi connectivity index (χ3n) is 4.87. The summed E-state index contributed by atoms with van der Waals surface area (Å²) < 4.78 is 0. The van der Waals surface area contributed by atoms with Crippen LogP contribution in [0.15, 0.2) is 0 Å². The third kappa shape index (κ3) is 17.6. The van der Waals surface area contributed by atoms with Gasteiger partial charge in [0.05, 0.1) is 0 Å². The molecular formula is C20H41ClPb. The Balaban J connectivity index is 0. The molecule has 0 fully saturated rings. The molecule has 0 aromatic rings. The molecular weight excluding hydrogens is 483 g/mol. The molecule has 0 spiro atoms. The largest absolute Gasteiger partial charge is 0.127 e. The number of halogens is 1. The maximum Gasteiger partial charge on any atom is 0.0225 e. The Morgan fingerprint density at radius 2 is 0.864 bits per heavy atom. The fourth-order valence-corrected chi connectivity index (χ4v) is 3.50. The normalized spacial score (nSPS) is 15.4. The minimum Gasteiger partial charge on any atom is -0.127 e. The molecule has 0 aromatic heterocycles. The van der Waals surface area contributed by atoms with Crippen LogP contribution in [0.1, 0.15) is 98.8 Å². The van der Waals surface area contributed by atoms with Crippen LogP contribution in [-0.4, -0.2) is 33.2 Å². The van der Waals surface area contributed by atoms with Crippen LogP contribution < -0.4 is 0 Å².